The number of alkyl halides is 2. The van der Waals surface area contributed by atoms with Gasteiger partial charge in [0.05, 0.1) is 26.9 Å². The number of nitrogens with zero attached hydrogens (tertiary/aromatic N) is 2. The molecule has 1 aliphatic rings. The van der Waals surface area contributed by atoms with Gasteiger partial charge in [-0.15, -0.1) is 11.3 Å². The van der Waals surface area contributed by atoms with Gasteiger partial charge in [0.25, 0.3) is 11.5 Å². The molecule has 6 nitrogen and oxygen atoms in total. The van der Waals surface area contributed by atoms with E-state index in [0.29, 0.717) is 41.2 Å². The molecule has 1 aromatic carbocycles. The number of thiophene rings is 1. The Morgan fingerprint density at radius 3 is 2.71 bits per heavy atom. The third kappa shape index (κ3) is 2.73. The van der Waals surface area contributed by atoms with Crippen molar-refractivity contribution in [3.63, 3.8) is 0 Å². The van der Waals surface area contributed by atoms with Crippen molar-refractivity contribution in [3.05, 3.63) is 40.0 Å². The highest BCUT2D eigenvalue weighted by atomic mass is 32.1. The number of imidazole rings is 1. The van der Waals surface area contributed by atoms with E-state index in [-0.39, 0.29) is 18.4 Å². The molecular weight excluding hydrogens is 384 g/mol. The molecule has 0 spiro atoms. The van der Waals surface area contributed by atoms with E-state index in [1.807, 2.05) is 34.5 Å². The molecule has 0 aliphatic carbocycles. The summed E-state index contributed by atoms with van der Waals surface area (Å²) in [5, 5.41) is 1.87. The number of halogens is 2. The number of pyridine rings is 1. The number of rotatable bonds is 2. The van der Waals surface area contributed by atoms with Gasteiger partial charge >= 0.3 is 0 Å². The second-order valence-electron chi connectivity index (χ2n) is 7.04. The van der Waals surface area contributed by atoms with E-state index < -0.39 is 5.92 Å². The molecule has 0 radical (unpaired) electrons. The van der Waals surface area contributed by atoms with Gasteiger partial charge in [-0.05, 0) is 29.6 Å². The highest BCUT2D eigenvalue weighted by molar-refractivity contribution is 7.17. The van der Waals surface area contributed by atoms with Crippen molar-refractivity contribution in [2.45, 2.75) is 18.8 Å². The van der Waals surface area contributed by atoms with Gasteiger partial charge in [-0.25, -0.2) is 13.8 Å². The number of aromatic amines is 2. The molecular formula is C19H17F2N5OS. The molecule has 1 saturated heterocycles. The summed E-state index contributed by atoms with van der Waals surface area (Å²) in [6, 6.07) is 7.38. The van der Waals surface area contributed by atoms with Crippen LogP contribution in [0.15, 0.2) is 34.4 Å². The van der Waals surface area contributed by atoms with Crippen molar-refractivity contribution < 1.29 is 8.78 Å². The topological polar surface area (TPSA) is 90.8 Å². The number of benzene rings is 1. The third-order valence-electron chi connectivity index (χ3n) is 5.22. The van der Waals surface area contributed by atoms with Gasteiger partial charge in [0, 0.05) is 31.6 Å². The number of nitrogens with two attached hydrogens (primary N) is 1. The SMILES string of the molecule is Nc1c(-c2nc3ccc(N4CCC(F)(F)CC4)cc3[nH]2)c(=O)[nH]c2ccsc12. The van der Waals surface area contributed by atoms with Crippen molar-refractivity contribution in [2.75, 3.05) is 23.7 Å². The van der Waals surface area contributed by atoms with E-state index in [1.165, 1.54) is 11.3 Å². The van der Waals surface area contributed by atoms with E-state index >= 15 is 0 Å². The summed E-state index contributed by atoms with van der Waals surface area (Å²) in [5.74, 6) is -2.19. The van der Waals surface area contributed by atoms with Crippen LogP contribution in [-0.4, -0.2) is 34.0 Å². The molecule has 1 fully saturated rings. The van der Waals surface area contributed by atoms with Gasteiger partial charge in [-0.2, -0.15) is 0 Å². The summed E-state index contributed by atoms with van der Waals surface area (Å²) in [6.45, 7) is 0.613. The van der Waals surface area contributed by atoms with E-state index in [2.05, 4.69) is 15.0 Å². The quantitative estimate of drug-likeness (QED) is 0.474. The fourth-order valence-electron chi connectivity index (χ4n) is 3.68. The Hall–Kier alpha value is -2.94. The maximum Gasteiger partial charge on any atom is 0.261 e. The zero-order valence-corrected chi connectivity index (χ0v) is 15.6. The predicted molar refractivity (Wildman–Crippen MR) is 108 cm³/mol. The third-order valence-corrected chi connectivity index (χ3v) is 6.16. The van der Waals surface area contributed by atoms with Crippen molar-refractivity contribution in [3.8, 4) is 11.4 Å². The van der Waals surface area contributed by atoms with Gasteiger partial charge < -0.3 is 20.6 Å². The lowest BCUT2D eigenvalue weighted by molar-refractivity contribution is -0.0220. The van der Waals surface area contributed by atoms with E-state index in [4.69, 9.17) is 5.73 Å². The molecule has 0 atom stereocenters. The van der Waals surface area contributed by atoms with Gasteiger partial charge in [0.15, 0.2) is 0 Å². The van der Waals surface area contributed by atoms with E-state index in [1.54, 1.807) is 0 Å². The molecule has 3 aromatic heterocycles. The Morgan fingerprint density at radius 2 is 1.93 bits per heavy atom. The highest BCUT2D eigenvalue weighted by Crippen LogP contribution is 2.33. The lowest BCUT2D eigenvalue weighted by Gasteiger charge is -2.33. The number of piperidine rings is 1. The Labute approximate surface area is 162 Å². The fraction of sp³-hybridized carbons (Fsp3) is 0.263. The first-order chi connectivity index (χ1) is 13.4. The second-order valence-corrected chi connectivity index (χ2v) is 7.95. The molecule has 4 heterocycles. The molecule has 1 aliphatic heterocycles. The number of nitrogen functional groups attached to an aromatic ring is 1. The molecule has 0 unspecified atom stereocenters. The van der Waals surface area contributed by atoms with Crippen LogP contribution in [0.2, 0.25) is 0 Å². The van der Waals surface area contributed by atoms with Crippen molar-refractivity contribution in [2.24, 2.45) is 0 Å². The van der Waals surface area contributed by atoms with Crippen LogP contribution in [0.5, 0.6) is 0 Å². The van der Waals surface area contributed by atoms with Gasteiger partial charge in [0.1, 0.15) is 11.4 Å². The monoisotopic (exact) mass is 401 g/mol. The smallest absolute Gasteiger partial charge is 0.261 e. The van der Waals surface area contributed by atoms with Crippen LogP contribution < -0.4 is 16.2 Å². The van der Waals surface area contributed by atoms with Crippen LogP contribution in [0, 0.1) is 0 Å². The molecule has 144 valence electrons. The van der Waals surface area contributed by atoms with E-state index in [0.717, 1.165) is 15.9 Å². The maximum absolute atomic E-state index is 13.4. The maximum atomic E-state index is 13.4. The normalized spacial score (nSPS) is 16.9. The molecule has 4 aromatic rings. The molecule has 5 rings (SSSR count). The number of H-pyrrole nitrogens is 2. The van der Waals surface area contributed by atoms with Crippen LogP contribution >= 0.6 is 11.3 Å². The van der Waals surface area contributed by atoms with Crippen LogP contribution in [0.1, 0.15) is 12.8 Å². The Kier molecular flexibility index (Phi) is 3.70. The van der Waals surface area contributed by atoms with Gasteiger partial charge in [-0.1, -0.05) is 0 Å². The largest absolute Gasteiger partial charge is 0.397 e. The number of nitrogens with one attached hydrogen (secondary N) is 2. The summed E-state index contributed by atoms with van der Waals surface area (Å²) < 4.78 is 27.6. The fourth-order valence-corrected chi connectivity index (χ4v) is 4.49. The average Bonchev–Trinajstić information content (AvgIpc) is 3.27. The van der Waals surface area contributed by atoms with Crippen molar-refractivity contribution in [1.29, 1.82) is 0 Å². The van der Waals surface area contributed by atoms with Crippen molar-refractivity contribution >= 4 is 44.0 Å². The number of hydrogen-bond acceptors (Lipinski definition) is 5. The van der Waals surface area contributed by atoms with Gasteiger partial charge in [0.2, 0.25) is 0 Å². The molecule has 0 bridgehead atoms. The van der Waals surface area contributed by atoms with Gasteiger partial charge in [-0.3, -0.25) is 4.79 Å². The summed E-state index contributed by atoms with van der Waals surface area (Å²) in [4.78, 5) is 25.0. The Balaban J connectivity index is 1.55. The molecule has 28 heavy (non-hydrogen) atoms. The average molecular weight is 401 g/mol. The lowest BCUT2D eigenvalue weighted by atomic mass is 10.1. The first kappa shape index (κ1) is 17.2. The number of aromatic nitrogens is 3. The number of fused-ring (bicyclic) bond motifs is 2. The lowest BCUT2D eigenvalue weighted by Crippen LogP contribution is -2.39. The second kappa shape index (κ2) is 6.03. The van der Waals surface area contributed by atoms with Crippen molar-refractivity contribution in [1.82, 2.24) is 15.0 Å². The molecule has 4 N–H and O–H groups in total. The van der Waals surface area contributed by atoms with Crippen LogP contribution in [-0.2, 0) is 0 Å². The molecule has 0 amide bonds. The summed E-state index contributed by atoms with van der Waals surface area (Å²) >= 11 is 1.45. The Bertz CT molecular complexity index is 1250. The molecule has 0 saturated carbocycles. The number of hydrogen-bond donors (Lipinski definition) is 3. The summed E-state index contributed by atoms with van der Waals surface area (Å²) in [5.41, 5.74) is 9.62. The Morgan fingerprint density at radius 1 is 1.14 bits per heavy atom. The zero-order chi connectivity index (χ0) is 19.5. The number of anilines is 2. The van der Waals surface area contributed by atoms with Crippen LogP contribution in [0.25, 0.3) is 32.6 Å². The minimum atomic E-state index is -2.58. The standard InChI is InChI=1S/C19H17F2N5OS/c20-19(21)4-6-26(7-5-19)10-1-2-11-13(9-10)24-17(23-11)14-15(22)16-12(3-8-28-16)25-18(14)27/h1-3,8-9H,4-7H2,(H,23,24)(H3,22,25,27). The van der Waals surface area contributed by atoms with E-state index in [9.17, 15) is 13.6 Å². The van der Waals surface area contributed by atoms with Crippen LogP contribution in [0.4, 0.5) is 20.2 Å². The summed E-state index contributed by atoms with van der Waals surface area (Å²) in [7, 11) is 0. The minimum absolute atomic E-state index is 0.147. The molecule has 9 heteroatoms. The van der Waals surface area contributed by atoms with Crippen LogP contribution in [0.3, 0.4) is 0 Å². The zero-order valence-electron chi connectivity index (χ0n) is 14.8. The first-order valence-electron chi connectivity index (χ1n) is 8.93. The highest BCUT2D eigenvalue weighted by Gasteiger charge is 2.34. The first-order valence-corrected chi connectivity index (χ1v) is 9.81. The predicted octanol–water partition coefficient (Wildman–Crippen LogP) is 3.95. The minimum Gasteiger partial charge on any atom is -0.397 e. The summed E-state index contributed by atoms with van der Waals surface area (Å²) in [6.07, 6.45) is -0.294.